The van der Waals surface area contributed by atoms with E-state index in [-0.39, 0.29) is 11.2 Å². The van der Waals surface area contributed by atoms with Crippen molar-refractivity contribution >= 4 is 0 Å². The predicted molar refractivity (Wildman–Crippen MR) is 91.4 cm³/mol. The van der Waals surface area contributed by atoms with E-state index in [0.717, 1.165) is 5.92 Å². The van der Waals surface area contributed by atoms with Crippen molar-refractivity contribution in [3.63, 3.8) is 0 Å². The molecular formula is C20H34O. The number of allylic oxidation sites excluding steroid dienone is 3. The highest BCUT2D eigenvalue weighted by Crippen LogP contribution is 2.53. The first-order valence-corrected chi connectivity index (χ1v) is 8.78. The molecule has 1 aliphatic carbocycles. The van der Waals surface area contributed by atoms with E-state index >= 15 is 0 Å². The summed E-state index contributed by atoms with van der Waals surface area (Å²) in [5.41, 5.74) is 3.43. The van der Waals surface area contributed by atoms with Crippen LogP contribution in [0.5, 0.6) is 0 Å². The Morgan fingerprint density at radius 2 is 1.90 bits per heavy atom. The highest BCUT2D eigenvalue weighted by atomic mass is 16.5. The summed E-state index contributed by atoms with van der Waals surface area (Å²) in [6, 6.07) is 0. The van der Waals surface area contributed by atoms with E-state index in [2.05, 4.69) is 47.3 Å². The van der Waals surface area contributed by atoms with Crippen LogP contribution in [0.2, 0.25) is 0 Å². The Morgan fingerprint density at radius 1 is 1.29 bits per heavy atom. The summed E-state index contributed by atoms with van der Waals surface area (Å²) in [5, 5.41) is 0. The average Bonchev–Trinajstić information content (AvgIpc) is 2.95. The van der Waals surface area contributed by atoms with Crippen LogP contribution in [0.4, 0.5) is 0 Å². The van der Waals surface area contributed by atoms with Gasteiger partial charge in [-0.3, -0.25) is 0 Å². The lowest BCUT2D eigenvalue weighted by atomic mass is 9.77. The minimum Gasteiger partial charge on any atom is -0.369 e. The number of rotatable bonds is 2. The van der Waals surface area contributed by atoms with Gasteiger partial charge in [-0.2, -0.15) is 0 Å². The molecule has 1 unspecified atom stereocenters. The van der Waals surface area contributed by atoms with Crippen LogP contribution >= 0.6 is 0 Å². The Bertz CT molecular complexity index is 408. The predicted octanol–water partition coefficient (Wildman–Crippen LogP) is 6.05. The van der Waals surface area contributed by atoms with Crippen molar-refractivity contribution in [3.05, 3.63) is 23.8 Å². The van der Waals surface area contributed by atoms with Crippen LogP contribution in [0.15, 0.2) is 23.8 Å². The molecule has 3 aliphatic rings. The fourth-order valence-electron chi connectivity index (χ4n) is 4.00. The van der Waals surface area contributed by atoms with Crippen molar-refractivity contribution in [3.8, 4) is 0 Å². The summed E-state index contributed by atoms with van der Waals surface area (Å²) in [4.78, 5) is 0. The van der Waals surface area contributed by atoms with Gasteiger partial charge in [0, 0.05) is 0 Å². The molecule has 1 atom stereocenters. The second-order valence-corrected chi connectivity index (χ2v) is 8.14. The van der Waals surface area contributed by atoms with Gasteiger partial charge in [0.05, 0.1) is 11.2 Å². The molecule has 21 heavy (non-hydrogen) atoms. The summed E-state index contributed by atoms with van der Waals surface area (Å²) >= 11 is 0. The molecule has 0 N–H and O–H groups in total. The molecule has 0 radical (unpaired) electrons. The second-order valence-electron chi connectivity index (χ2n) is 8.14. The van der Waals surface area contributed by atoms with Crippen molar-refractivity contribution in [2.75, 3.05) is 0 Å². The maximum absolute atomic E-state index is 6.11. The monoisotopic (exact) mass is 290 g/mol. The molecule has 0 aromatic rings. The summed E-state index contributed by atoms with van der Waals surface area (Å²) in [7, 11) is 0. The van der Waals surface area contributed by atoms with Crippen LogP contribution in [0.3, 0.4) is 0 Å². The van der Waals surface area contributed by atoms with E-state index in [0.29, 0.717) is 5.92 Å². The maximum Gasteiger partial charge on any atom is 0.0714 e. The minimum atomic E-state index is 0.254. The van der Waals surface area contributed by atoms with Gasteiger partial charge < -0.3 is 4.74 Å². The Balaban J connectivity index is 0.000000155. The fraction of sp³-hybridized carbons (Fsp3) is 0.800. The number of hydrogen-bond donors (Lipinski definition) is 0. The van der Waals surface area contributed by atoms with Crippen LogP contribution in [-0.4, -0.2) is 11.2 Å². The van der Waals surface area contributed by atoms with Crippen LogP contribution in [0.25, 0.3) is 0 Å². The fourth-order valence-corrected chi connectivity index (χ4v) is 4.00. The van der Waals surface area contributed by atoms with Gasteiger partial charge in [-0.05, 0) is 77.6 Å². The Labute approximate surface area is 131 Å². The third-order valence-electron chi connectivity index (χ3n) is 5.99. The molecule has 1 heteroatoms. The quantitative estimate of drug-likeness (QED) is 0.562. The van der Waals surface area contributed by atoms with E-state index in [1.807, 2.05) is 0 Å². The molecule has 2 fully saturated rings. The first kappa shape index (κ1) is 16.8. The van der Waals surface area contributed by atoms with Crippen LogP contribution in [0, 0.1) is 11.8 Å². The molecule has 0 spiro atoms. The van der Waals surface area contributed by atoms with Crippen LogP contribution in [-0.2, 0) is 4.74 Å². The molecule has 2 aliphatic heterocycles. The number of hydrogen-bond acceptors (Lipinski definition) is 1. The Kier molecular flexibility index (Phi) is 5.03. The average molecular weight is 290 g/mol. The zero-order valence-corrected chi connectivity index (χ0v) is 14.8. The van der Waals surface area contributed by atoms with E-state index in [4.69, 9.17) is 4.74 Å². The zero-order valence-electron chi connectivity index (χ0n) is 14.8. The third-order valence-corrected chi connectivity index (χ3v) is 5.99. The van der Waals surface area contributed by atoms with Gasteiger partial charge in [-0.15, -0.1) is 0 Å². The van der Waals surface area contributed by atoms with Crippen LogP contribution in [0.1, 0.15) is 79.6 Å². The molecule has 3 rings (SSSR count). The van der Waals surface area contributed by atoms with E-state index < -0.39 is 0 Å². The highest BCUT2D eigenvalue weighted by molar-refractivity contribution is 5.09. The second kappa shape index (κ2) is 6.28. The molecule has 0 amide bonds. The van der Waals surface area contributed by atoms with E-state index in [1.54, 1.807) is 5.57 Å². The Hall–Kier alpha value is -0.560. The van der Waals surface area contributed by atoms with Crippen molar-refractivity contribution < 1.29 is 4.74 Å². The molecule has 2 heterocycles. The largest absolute Gasteiger partial charge is 0.369 e. The smallest absolute Gasteiger partial charge is 0.0714 e. The van der Waals surface area contributed by atoms with Crippen molar-refractivity contribution in [2.45, 2.75) is 90.8 Å². The molecular weight excluding hydrogens is 256 g/mol. The molecule has 2 bridgehead atoms. The summed E-state index contributed by atoms with van der Waals surface area (Å²) in [6.45, 7) is 15.2. The molecule has 0 aromatic carbocycles. The number of ether oxygens (including phenoxy) is 1. The first-order chi connectivity index (χ1) is 9.76. The van der Waals surface area contributed by atoms with Gasteiger partial charge in [0.15, 0.2) is 0 Å². The van der Waals surface area contributed by atoms with Crippen molar-refractivity contribution in [1.29, 1.82) is 0 Å². The van der Waals surface area contributed by atoms with Gasteiger partial charge in [-0.1, -0.05) is 37.6 Å². The summed E-state index contributed by atoms with van der Waals surface area (Å²) < 4.78 is 6.11. The Morgan fingerprint density at radius 3 is 2.19 bits per heavy atom. The molecule has 2 saturated heterocycles. The lowest BCUT2D eigenvalue weighted by molar-refractivity contribution is -0.0632. The normalized spacial score (nSPS) is 38.0. The molecule has 1 nitrogen and oxygen atoms in total. The van der Waals surface area contributed by atoms with Gasteiger partial charge in [0.1, 0.15) is 0 Å². The van der Waals surface area contributed by atoms with Gasteiger partial charge in [-0.25, -0.2) is 0 Å². The lowest BCUT2D eigenvalue weighted by Gasteiger charge is -2.28. The van der Waals surface area contributed by atoms with Gasteiger partial charge in [0.2, 0.25) is 0 Å². The number of fused-ring (bicyclic) bond motifs is 2. The molecule has 0 saturated carbocycles. The zero-order chi connectivity index (χ0) is 15.7. The van der Waals surface area contributed by atoms with Gasteiger partial charge >= 0.3 is 0 Å². The molecule has 0 aromatic heterocycles. The SMILES string of the molecule is C=C(C)C1CC=C(C)CC1.CC(C)C12CCC(C)(CC1)O2. The molecule has 120 valence electrons. The standard InChI is InChI=1S/C10H18O.C10H16/c1-8(2)10-6-4-9(3,11-10)5-7-10;1-8(2)10-6-4-9(3)5-7-10/h8H,4-7H2,1-3H3;4,10H,1,5-7H2,2-3H3. The van der Waals surface area contributed by atoms with Crippen molar-refractivity contribution in [2.24, 2.45) is 11.8 Å². The highest BCUT2D eigenvalue weighted by Gasteiger charge is 2.54. The van der Waals surface area contributed by atoms with E-state index in [9.17, 15) is 0 Å². The maximum atomic E-state index is 6.11. The lowest BCUT2D eigenvalue weighted by Crippen LogP contribution is -2.31. The summed E-state index contributed by atoms with van der Waals surface area (Å²) in [6.07, 6.45) is 11.3. The van der Waals surface area contributed by atoms with E-state index in [1.165, 1.54) is 50.5 Å². The third kappa shape index (κ3) is 3.80. The first-order valence-electron chi connectivity index (χ1n) is 8.78. The topological polar surface area (TPSA) is 9.23 Å². The van der Waals surface area contributed by atoms with Crippen molar-refractivity contribution in [1.82, 2.24) is 0 Å². The minimum absolute atomic E-state index is 0.254. The van der Waals surface area contributed by atoms with Gasteiger partial charge in [0.25, 0.3) is 0 Å². The van der Waals surface area contributed by atoms with Crippen LogP contribution < -0.4 is 0 Å². The summed E-state index contributed by atoms with van der Waals surface area (Å²) in [5.74, 6) is 1.47.